The fourth-order valence-electron chi connectivity index (χ4n) is 1.64. The van der Waals surface area contributed by atoms with E-state index in [1.165, 1.54) is 11.1 Å². The highest BCUT2D eigenvalue weighted by Gasteiger charge is 1.96. The van der Waals surface area contributed by atoms with Crippen molar-refractivity contribution in [2.24, 2.45) is 0 Å². The molecule has 0 atom stereocenters. The van der Waals surface area contributed by atoms with Gasteiger partial charge in [-0.3, -0.25) is 0 Å². The van der Waals surface area contributed by atoms with Crippen LogP contribution in [-0.4, -0.2) is 0 Å². The molecule has 0 amide bonds. The lowest BCUT2D eigenvalue weighted by molar-refractivity contribution is 1.19. The second kappa shape index (κ2) is 4.67. The van der Waals surface area contributed by atoms with Crippen LogP contribution in [0, 0.1) is 0 Å². The molecular formula is C15H15N. The van der Waals surface area contributed by atoms with E-state index in [2.05, 4.69) is 43.0 Å². The molecule has 0 heterocycles. The van der Waals surface area contributed by atoms with E-state index in [-0.39, 0.29) is 0 Å². The van der Waals surface area contributed by atoms with Crippen molar-refractivity contribution in [2.45, 2.75) is 6.42 Å². The zero-order chi connectivity index (χ0) is 11.4. The van der Waals surface area contributed by atoms with Gasteiger partial charge in [-0.1, -0.05) is 49.1 Å². The summed E-state index contributed by atoms with van der Waals surface area (Å²) in [7, 11) is 0. The first kappa shape index (κ1) is 10.5. The summed E-state index contributed by atoms with van der Waals surface area (Å²) in [5.41, 5.74) is 10.2. The zero-order valence-electron chi connectivity index (χ0n) is 9.19. The smallest absolute Gasteiger partial charge is 0.0314 e. The molecule has 0 aliphatic heterocycles. The van der Waals surface area contributed by atoms with Gasteiger partial charge in [0.1, 0.15) is 0 Å². The van der Waals surface area contributed by atoms with Crippen molar-refractivity contribution >= 4 is 11.8 Å². The number of rotatable bonds is 3. The Morgan fingerprint density at radius 1 is 0.875 bits per heavy atom. The van der Waals surface area contributed by atoms with Crippen LogP contribution in [0.1, 0.15) is 16.7 Å². The molecular weight excluding hydrogens is 194 g/mol. The second-order valence-corrected chi connectivity index (χ2v) is 3.86. The number of benzene rings is 2. The zero-order valence-corrected chi connectivity index (χ0v) is 9.19. The fraction of sp³-hybridized carbons (Fsp3) is 0.0667. The molecule has 2 aromatic rings. The number of anilines is 1. The molecule has 0 bridgehead atoms. The highest BCUT2D eigenvalue weighted by atomic mass is 14.5. The summed E-state index contributed by atoms with van der Waals surface area (Å²) in [5, 5.41) is 0. The summed E-state index contributed by atoms with van der Waals surface area (Å²) < 4.78 is 0. The van der Waals surface area contributed by atoms with Gasteiger partial charge in [-0.25, -0.2) is 0 Å². The summed E-state index contributed by atoms with van der Waals surface area (Å²) in [5.74, 6) is 0. The van der Waals surface area contributed by atoms with Gasteiger partial charge >= 0.3 is 0 Å². The van der Waals surface area contributed by atoms with Crippen LogP contribution in [0.2, 0.25) is 0 Å². The van der Waals surface area contributed by atoms with Crippen LogP contribution >= 0.6 is 0 Å². The molecule has 0 saturated heterocycles. The lowest BCUT2D eigenvalue weighted by atomic mass is 10.0. The van der Waals surface area contributed by atoms with Crippen LogP contribution < -0.4 is 5.73 Å². The number of nitrogens with two attached hydrogens (primary N) is 1. The lowest BCUT2D eigenvalue weighted by Gasteiger charge is -2.03. The quantitative estimate of drug-likeness (QED) is 0.769. The minimum atomic E-state index is 0.811. The number of hydrogen-bond donors (Lipinski definition) is 1. The Morgan fingerprint density at radius 2 is 1.38 bits per heavy atom. The van der Waals surface area contributed by atoms with E-state index in [1.807, 2.05) is 18.2 Å². The van der Waals surface area contributed by atoms with Crippen molar-refractivity contribution in [1.29, 1.82) is 0 Å². The minimum absolute atomic E-state index is 0.811. The molecule has 2 aromatic carbocycles. The summed E-state index contributed by atoms with van der Waals surface area (Å²) in [6, 6.07) is 16.4. The van der Waals surface area contributed by atoms with Crippen molar-refractivity contribution in [3.63, 3.8) is 0 Å². The Morgan fingerprint density at radius 3 is 1.88 bits per heavy atom. The molecule has 16 heavy (non-hydrogen) atoms. The van der Waals surface area contributed by atoms with Crippen LogP contribution in [0.15, 0.2) is 55.1 Å². The van der Waals surface area contributed by atoms with Gasteiger partial charge in [0, 0.05) is 5.69 Å². The first-order valence-electron chi connectivity index (χ1n) is 5.34. The van der Waals surface area contributed by atoms with Crippen LogP contribution in [0.4, 0.5) is 5.69 Å². The summed E-state index contributed by atoms with van der Waals surface area (Å²) >= 11 is 0. The predicted molar refractivity (Wildman–Crippen MR) is 70.2 cm³/mol. The molecule has 0 aromatic heterocycles. The highest BCUT2D eigenvalue weighted by Crippen LogP contribution is 2.13. The number of hydrogen-bond acceptors (Lipinski definition) is 1. The van der Waals surface area contributed by atoms with Gasteiger partial charge in [0.25, 0.3) is 0 Å². The average molecular weight is 209 g/mol. The first-order chi connectivity index (χ1) is 7.78. The fourth-order valence-corrected chi connectivity index (χ4v) is 1.64. The van der Waals surface area contributed by atoms with Gasteiger partial charge in [-0.2, -0.15) is 0 Å². The molecule has 1 nitrogen and oxygen atoms in total. The predicted octanol–water partition coefficient (Wildman–Crippen LogP) is 3.50. The van der Waals surface area contributed by atoms with Crippen molar-refractivity contribution in [3.05, 3.63) is 71.8 Å². The Labute approximate surface area is 96.2 Å². The van der Waals surface area contributed by atoms with Crippen molar-refractivity contribution in [2.75, 3.05) is 5.73 Å². The van der Waals surface area contributed by atoms with E-state index < -0.39 is 0 Å². The molecule has 1 heteroatoms. The van der Waals surface area contributed by atoms with E-state index in [0.29, 0.717) is 0 Å². The monoisotopic (exact) mass is 209 g/mol. The molecule has 2 rings (SSSR count). The molecule has 0 spiro atoms. The van der Waals surface area contributed by atoms with E-state index in [9.17, 15) is 0 Å². The first-order valence-corrected chi connectivity index (χ1v) is 5.34. The van der Waals surface area contributed by atoms with Gasteiger partial charge in [-0.15, -0.1) is 0 Å². The Bertz CT molecular complexity index is 466. The minimum Gasteiger partial charge on any atom is -0.399 e. The second-order valence-electron chi connectivity index (χ2n) is 3.86. The van der Waals surface area contributed by atoms with E-state index in [4.69, 9.17) is 5.73 Å². The molecule has 0 saturated carbocycles. The Hall–Kier alpha value is -2.02. The van der Waals surface area contributed by atoms with Gasteiger partial charge in [0.15, 0.2) is 0 Å². The lowest BCUT2D eigenvalue weighted by Crippen LogP contribution is -1.89. The number of nitrogen functional groups attached to an aromatic ring is 1. The maximum absolute atomic E-state index is 5.65. The van der Waals surface area contributed by atoms with Crippen LogP contribution in [0.25, 0.3) is 6.08 Å². The molecule has 0 unspecified atom stereocenters. The topological polar surface area (TPSA) is 26.0 Å². The molecule has 0 aliphatic carbocycles. The third-order valence-corrected chi connectivity index (χ3v) is 2.60. The molecule has 0 aliphatic rings. The molecule has 0 radical (unpaired) electrons. The Kier molecular flexibility index (Phi) is 3.06. The average Bonchev–Trinajstić information content (AvgIpc) is 2.33. The van der Waals surface area contributed by atoms with Crippen molar-refractivity contribution in [3.8, 4) is 0 Å². The van der Waals surface area contributed by atoms with Gasteiger partial charge in [0.05, 0.1) is 0 Å². The summed E-state index contributed by atoms with van der Waals surface area (Å²) in [6.07, 6.45) is 2.80. The standard InChI is InChI=1S/C15H15N/c1-2-12-3-5-13(6-4-12)11-14-7-9-15(16)10-8-14/h2-10H,1,11,16H2. The van der Waals surface area contributed by atoms with Crippen LogP contribution in [0.3, 0.4) is 0 Å². The molecule has 0 fully saturated rings. The van der Waals surface area contributed by atoms with Gasteiger partial charge < -0.3 is 5.73 Å². The largest absolute Gasteiger partial charge is 0.399 e. The van der Waals surface area contributed by atoms with E-state index in [0.717, 1.165) is 17.7 Å². The third-order valence-electron chi connectivity index (χ3n) is 2.60. The maximum atomic E-state index is 5.65. The van der Waals surface area contributed by atoms with E-state index >= 15 is 0 Å². The Balaban J connectivity index is 2.14. The molecule has 2 N–H and O–H groups in total. The van der Waals surface area contributed by atoms with Gasteiger partial charge in [0.2, 0.25) is 0 Å². The third kappa shape index (κ3) is 2.51. The van der Waals surface area contributed by atoms with E-state index in [1.54, 1.807) is 0 Å². The van der Waals surface area contributed by atoms with Crippen molar-refractivity contribution in [1.82, 2.24) is 0 Å². The van der Waals surface area contributed by atoms with Crippen LogP contribution in [-0.2, 0) is 6.42 Å². The molecule has 80 valence electrons. The van der Waals surface area contributed by atoms with Crippen LogP contribution in [0.5, 0.6) is 0 Å². The normalized spacial score (nSPS) is 10.0. The highest BCUT2D eigenvalue weighted by molar-refractivity contribution is 5.48. The van der Waals surface area contributed by atoms with Gasteiger partial charge in [-0.05, 0) is 35.2 Å². The summed E-state index contributed by atoms with van der Waals surface area (Å²) in [4.78, 5) is 0. The SMILES string of the molecule is C=Cc1ccc(Cc2ccc(N)cc2)cc1. The maximum Gasteiger partial charge on any atom is 0.0314 e. The summed E-state index contributed by atoms with van der Waals surface area (Å²) in [6.45, 7) is 3.74. The van der Waals surface area contributed by atoms with Crippen molar-refractivity contribution < 1.29 is 0 Å².